The van der Waals surface area contributed by atoms with Gasteiger partial charge in [0.1, 0.15) is 0 Å². The summed E-state index contributed by atoms with van der Waals surface area (Å²) in [5.74, 6) is -0.0183. The number of benzene rings is 1. The summed E-state index contributed by atoms with van der Waals surface area (Å²) in [7, 11) is 0. The predicted molar refractivity (Wildman–Crippen MR) is 75.7 cm³/mol. The largest absolute Gasteiger partial charge is 0.326 e. The topological polar surface area (TPSA) is 70.2 Å². The lowest BCUT2D eigenvalue weighted by molar-refractivity contribution is -0.115. The second-order valence-corrected chi connectivity index (χ2v) is 5.10. The third-order valence-corrected chi connectivity index (χ3v) is 3.53. The number of carbonyl (C=O) groups excluding carboxylic acids is 2. The fraction of sp³-hybridized carbons (Fsp3) is 0.0769. The van der Waals surface area contributed by atoms with Crippen LogP contribution in [0.4, 0.5) is 21.2 Å². The molecule has 0 aliphatic carbocycles. The maximum absolute atomic E-state index is 11.7. The van der Waals surface area contributed by atoms with E-state index in [1.807, 2.05) is 17.5 Å². The molecule has 3 N–H and O–H groups in total. The molecule has 3 rings (SSSR count). The van der Waals surface area contributed by atoms with E-state index < -0.39 is 0 Å². The Morgan fingerprint density at radius 3 is 2.95 bits per heavy atom. The van der Waals surface area contributed by atoms with Crippen molar-refractivity contribution in [3.8, 4) is 0 Å². The molecule has 0 saturated heterocycles. The lowest BCUT2D eigenvalue weighted by Crippen LogP contribution is -2.18. The molecule has 96 valence electrons. The van der Waals surface area contributed by atoms with Gasteiger partial charge in [-0.1, -0.05) is 0 Å². The lowest BCUT2D eigenvalue weighted by atomic mass is 10.1. The number of carbonyl (C=O) groups is 2. The van der Waals surface area contributed by atoms with Crippen LogP contribution in [-0.4, -0.2) is 11.9 Å². The smallest absolute Gasteiger partial charge is 0.324 e. The Balaban J connectivity index is 1.69. The highest BCUT2D eigenvalue weighted by Crippen LogP contribution is 2.26. The van der Waals surface area contributed by atoms with Crippen molar-refractivity contribution in [1.29, 1.82) is 0 Å². The van der Waals surface area contributed by atoms with Gasteiger partial charge in [-0.2, -0.15) is 0 Å². The molecule has 3 amide bonds. The van der Waals surface area contributed by atoms with Gasteiger partial charge in [0.2, 0.25) is 5.91 Å². The number of amides is 3. The third-order valence-electron chi connectivity index (χ3n) is 2.75. The van der Waals surface area contributed by atoms with Gasteiger partial charge in [-0.15, -0.1) is 11.3 Å². The fourth-order valence-electron chi connectivity index (χ4n) is 1.93. The van der Waals surface area contributed by atoms with E-state index in [4.69, 9.17) is 0 Å². The Kier molecular flexibility index (Phi) is 2.92. The van der Waals surface area contributed by atoms with Crippen LogP contribution in [0, 0.1) is 0 Å². The molecule has 6 heteroatoms. The van der Waals surface area contributed by atoms with Gasteiger partial charge < -0.3 is 10.6 Å². The first-order valence-corrected chi connectivity index (χ1v) is 6.63. The van der Waals surface area contributed by atoms with Crippen molar-refractivity contribution in [2.24, 2.45) is 0 Å². The molecule has 19 heavy (non-hydrogen) atoms. The van der Waals surface area contributed by atoms with Crippen LogP contribution >= 0.6 is 11.3 Å². The van der Waals surface area contributed by atoms with Crippen molar-refractivity contribution in [3.63, 3.8) is 0 Å². The fourth-order valence-corrected chi connectivity index (χ4v) is 2.54. The molecular formula is C13H11N3O2S. The molecule has 0 unspecified atom stereocenters. The molecular weight excluding hydrogens is 262 g/mol. The molecule has 0 saturated carbocycles. The summed E-state index contributed by atoms with van der Waals surface area (Å²) < 4.78 is 0. The molecule has 0 atom stereocenters. The Hall–Kier alpha value is -2.34. The summed E-state index contributed by atoms with van der Waals surface area (Å²) >= 11 is 1.46. The molecule has 0 bridgehead atoms. The van der Waals surface area contributed by atoms with Gasteiger partial charge in [0, 0.05) is 11.4 Å². The summed E-state index contributed by atoms with van der Waals surface area (Å²) in [4.78, 5) is 23.0. The second-order valence-electron chi connectivity index (χ2n) is 4.15. The van der Waals surface area contributed by atoms with Crippen LogP contribution in [0.15, 0.2) is 35.7 Å². The van der Waals surface area contributed by atoms with Crippen molar-refractivity contribution in [1.82, 2.24) is 0 Å². The van der Waals surface area contributed by atoms with Gasteiger partial charge in [0.05, 0.1) is 11.4 Å². The van der Waals surface area contributed by atoms with Crippen LogP contribution in [0.5, 0.6) is 0 Å². The van der Waals surface area contributed by atoms with Crippen LogP contribution < -0.4 is 16.0 Å². The van der Waals surface area contributed by atoms with Crippen molar-refractivity contribution in [2.45, 2.75) is 6.42 Å². The highest BCUT2D eigenvalue weighted by molar-refractivity contribution is 7.14. The van der Waals surface area contributed by atoms with E-state index in [0.717, 1.165) is 16.3 Å². The van der Waals surface area contributed by atoms with Crippen LogP contribution in [0.1, 0.15) is 5.56 Å². The third kappa shape index (κ3) is 2.58. The van der Waals surface area contributed by atoms with E-state index in [-0.39, 0.29) is 11.9 Å². The number of hydrogen-bond acceptors (Lipinski definition) is 3. The van der Waals surface area contributed by atoms with Gasteiger partial charge in [-0.3, -0.25) is 10.1 Å². The molecule has 1 aliphatic heterocycles. The van der Waals surface area contributed by atoms with E-state index >= 15 is 0 Å². The van der Waals surface area contributed by atoms with Gasteiger partial charge in [0.25, 0.3) is 0 Å². The normalized spacial score (nSPS) is 12.7. The Morgan fingerprint density at radius 2 is 2.16 bits per heavy atom. The van der Waals surface area contributed by atoms with Crippen molar-refractivity contribution in [2.75, 3.05) is 16.0 Å². The molecule has 0 radical (unpaired) electrons. The average molecular weight is 273 g/mol. The second kappa shape index (κ2) is 4.74. The number of fused-ring (bicyclic) bond motifs is 1. The van der Waals surface area contributed by atoms with E-state index in [1.54, 1.807) is 18.2 Å². The zero-order valence-electron chi connectivity index (χ0n) is 9.90. The summed E-state index contributed by atoms with van der Waals surface area (Å²) in [5.41, 5.74) is 2.39. The van der Waals surface area contributed by atoms with Crippen molar-refractivity contribution >= 4 is 39.7 Å². The van der Waals surface area contributed by atoms with Gasteiger partial charge in [-0.05, 0) is 41.3 Å². The van der Waals surface area contributed by atoms with Crippen molar-refractivity contribution in [3.05, 3.63) is 41.3 Å². The molecule has 1 aromatic heterocycles. The standard InChI is InChI=1S/C13H11N3O2S/c17-11-7-8-6-9(3-4-10(8)15-11)14-13(18)16-12-2-1-5-19-12/h1-6H,7H2,(H,15,17)(H2,14,16,18). The zero-order valence-corrected chi connectivity index (χ0v) is 10.7. The van der Waals surface area contributed by atoms with Gasteiger partial charge >= 0.3 is 6.03 Å². The summed E-state index contributed by atoms with van der Waals surface area (Å²) in [6, 6.07) is 8.77. The summed E-state index contributed by atoms with van der Waals surface area (Å²) in [6.45, 7) is 0. The highest BCUT2D eigenvalue weighted by atomic mass is 32.1. The molecule has 2 aromatic rings. The van der Waals surface area contributed by atoms with Crippen molar-refractivity contribution < 1.29 is 9.59 Å². The highest BCUT2D eigenvalue weighted by Gasteiger charge is 2.17. The van der Waals surface area contributed by atoms with Crippen LogP contribution in [0.25, 0.3) is 0 Å². The monoisotopic (exact) mass is 273 g/mol. The zero-order chi connectivity index (χ0) is 13.2. The first kappa shape index (κ1) is 11.7. The van der Waals surface area contributed by atoms with E-state index in [2.05, 4.69) is 16.0 Å². The SMILES string of the molecule is O=C1Cc2cc(NC(=O)Nc3cccs3)ccc2N1. The molecule has 0 spiro atoms. The van der Waals surface area contributed by atoms with E-state index in [1.165, 1.54) is 11.3 Å². The average Bonchev–Trinajstić information content (AvgIpc) is 2.96. The quantitative estimate of drug-likeness (QED) is 0.787. The minimum atomic E-state index is -0.292. The number of anilines is 3. The Labute approximate surface area is 113 Å². The number of thiophene rings is 1. The molecule has 0 fully saturated rings. The number of rotatable bonds is 2. The molecule has 2 heterocycles. The molecule has 1 aliphatic rings. The van der Waals surface area contributed by atoms with Crippen LogP contribution in [-0.2, 0) is 11.2 Å². The van der Waals surface area contributed by atoms with Gasteiger partial charge in [-0.25, -0.2) is 4.79 Å². The minimum Gasteiger partial charge on any atom is -0.326 e. The maximum Gasteiger partial charge on any atom is 0.324 e. The molecule has 5 nitrogen and oxygen atoms in total. The van der Waals surface area contributed by atoms with Gasteiger partial charge in [0.15, 0.2) is 0 Å². The number of hydrogen-bond donors (Lipinski definition) is 3. The minimum absolute atomic E-state index is 0.0183. The van der Waals surface area contributed by atoms with Crippen LogP contribution in [0.3, 0.4) is 0 Å². The number of nitrogens with one attached hydrogen (secondary N) is 3. The van der Waals surface area contributed by atoms with E-state index in [0.29, 0.717) is 12.1 Å². The first-order valence-electron chi connectivity index (χ1n) is 5.75. The Bertz CT molecular complexity index is 637. The summed E-state index contributed by atoms with van der Waals surface area (Å²) in [6.07, 6.45) is 0.359. The van der Waals surface area contributed by atoms with Crippen LogP contribution in [0.2, 0.25) is 0 Å². The number of urea groups is 1. The molecule has 1 aromatic carbocycles. The maximum atomic E-state index is 11.7. The predicted octanol–water partition coefficient (Wildman–Crippen LogP) is 2.89. The first-order chi connectivity index (χ1) is 9.20. The van der Waals surface area contributed by atoms with E-state index in [9.17, 15) is 9.59 Å². The summed E-state index contributed by atoms with van der Waals surface area (Å²) in [5, 5.41) is 10.9. The Morgan fingerprint density at radius 1 is 1.26 bits per heavy atom. The lowest BCUT2D eigenvalue weighted by Gasteiger charge is -2.07.